The Bertz CT molecular complexity index is 310. The number of hydrogen-bond acceptors (Lipinski definition) is 2. The highest BCUT2D eigenvalue weighted by Gasteiger charge is 2.45. The van der Waals surface area contributed by atoms with Crippen LogP contribution >= 0.6 is 0 Å². The molecule has 3 fully saturated rings. The third-order valence-corrected chi connectivity index (χ3v) is 5.07. The molecule has 3 saturated carbocycles. The smallest absolute Gasteiger partial charge is 0.225 e. The van der Waals surface area contributed by atoms with Crippen molar-refractivity contribution in [3.05, 3.63) is 0 Å². The van der Waals surface area contributed by atoms with E-state index in [1.54, 1.807) is 0 Å². The molecule has 0 bridgehead atoms. The first kappa shape index (κ1) is 12.5. The molecule has 102 valence electrons. The van der Waals surface area contributed by atoms with Crippen LogP contribution in [0.4, 0.5) is 0 Å². The van der Waals surface area contributed by atoms with Crippen LogP contribution in [-0.2, 0) is 4.79 Å². The summed E-state index contributed by atoms with van der Waals surface area (Å²) in [7, 11) is 2.05. The van der Waals surface area contributed by atoms with Crippen LogP contribution in [-0.4, -0.2) is 29.9 Å². The number of carbonyl (C=O) groups is 1. The van der Waals surface area contributed by atoms with Gasteiger partial charge >= 0.3 is 0 Å². The van der Waals surface area contributed by atoms with Crippen LogP contribution in [0.15, 0.2) is 0 Å². The predicted octanol–water partition coefficient (Wildman–Crippen LogP) is 2.15. The van der Waals surface area contributed by atoms with Gasteiger partial charge in [-0.15, -0.1) is 0 Å². The summed E-state index contributed by atoms with van der Waals surface area (Å²) >= 11 is 0. The number of rotatable bonds is 4. The minimum absolute atomic E-state index is 0.207. The molecule has 3 aliphatic carbocycles. The molecule has 1 amide bonds. The first-order valence-electron chi connectivity index (χ1n) is 7.69. The van der Waals surface area contributed by atoms with Crippen molar-refractivity contribution in [3.8, 4) is 0 Å². The highest BCUT2D eigenvalue weighted by molar-refractivity contribution is 5.79. The lowest BCUT2D eigenvalue weighted by Gasteiger charge is -2.34. The Labute approximate surface area is 110 Å². The van der Waals surface area contributed by atoms with Gasteiger partial charge in [-0.1, -0.05) is 6.42 Å². The summed E-state index contributed by atoms with van der Waals surface area (Å²) in [6.07, 6.45) is 9.53. The largest absolute Gasteiger partial charge is 0.342 e. The van der Waals surface area contributed by atoms with E-state index >= 15 is 0 Å². The third-order valence-electron chi connectivity index (χ3n) is 5.07. The van der Waals surface area contributed by atoms with Crippen LogP contribution in [0.2, 0.25) is 0 Å². The Morgan fingerprint density at radius 3 is 2.22 bits per heavy atom. The molecular formula is C15H26N2O. The summed E-state index contributed by atoms with van der Waals surface area (Å²) in [5.41, 5.74) is 6.01. The molecule has 3 nitrogen and oxygen atoms in total. The molecule has 0 aliphatic heterocycles. The van der Waals surface area contributed by atoms with Crippen LogP contribution in [0.1, 0.15) is 51.4 Å². The molecule has 2 atom stereocenters. The maximum absolute atomic E-state index is 12.6. The van der Waals surface area contributed by atoms with Gasteiger partial charge < -0.3 is 10.6 Å². The van der Waals surface area contributed by atoms with E-state index in [9.17, 15) is 4.79 Å². The van der Waals surface area contributed by atoms with E-state index in [1.165, 1.54) is 25.7 Å². The van der Waals surface area contributed by atoms with Crippen LogP contribution in [0.25, 0.3) is 0 Å². The van der Waals surface area contributed by atoms with Gasteiger partial charge in [0, 0.05) is 25.0 Å². The van der Waals surface area contributed by atoms with Crippen molar-refractivity contribution in [2.45, 2.75) is 63.5 Å². The van der Waals surface area contributed by atoms with Gasteiger partial charge in [0.2, 0.25) is 5.91 Å². The summed E-state index contributed by atoms with van der Waals surface area (Å²) < 4.78 is 0. The molecule has 3 heteroatoms. The maximum atomic E-state index is 12.6. The molecule has 0 aromatic carbocycles. The molecule has 2 N–H and O–H groups in total. The second-order valence-electron chi connectivity index (χ2n) is 6.74. The molecule has 0 heterocycles. The van der Waals surface area contributed by atoms with Crippen LogP contribution in [0, 0.1) is 17.8 Å². The fraction of sp³-hybridized carbons (Fsp3) is 0.933. The zero-order valence-corrected chi connectivity index (χ0v) is 11.5. The molecule has 2 unspecified atom stereocenters. The number of nitrogens with two attached hydrogens (primary N) is 1. The normalized spacial score (nSPS) is 32.6. The highest BCUT2D eigenvalue weighted by Crippen LogP contribution is 2.47. The number of nitrogens with zero attached hydrogens (tertiary/aromatic N) is 1. The van der Waals surface area contributed by atoms with Crippen molar-refractivity contribution in [2.24, 2.45) is 23.5 Å². The standard InChI is InChI=1S/C15H26N2O/c1-17(14(10-5-6-10)11-7-8-11)15(18)12-3-2-4-13(16)9-12/h10-14H,2-9,16H2,1H3. The molecule has 18 heavy (non-hydrogen) atoms. The summed E-state index contributed by atoms with van der Waals surface area (Å²) in [5, 5.41) is 0. The summed E-state index contributed by atoms with van der Waals surface area (Å²) in [6.45, 7) is 0. The number of hydrogen-bond donors (Lipinski definition) is 1. The monoisotopic (exact) mass is 250 g/mol. The zero-order chi connectivity index (χ0) is 12.7. The van der Waals surface area contributed by atoms with Crippen molar-refractivity contribution < 1.29 is 4.79 Å². The van der Waals surface area contributed by atoms with Crippen molar-refractivity contribution in [1.29, 1.82) is 0 Å². The summed E-state index contributed by atoms with van der Waals surface area (Å²) in [5.74, 6) is 2.21. The van der Waals surface area contributed by atoms with Gasteiger partial charge in [0.05, 0.1) is 0 Å². The van der Waals surface area contributed by atoms with Crippen LogP contribution in [0.5, 0.6) is 0 Å². The van der Waals surface area contributed by atoms with E-state index in [0.29, 0.717) is 11.9 Å². The van der Waals surface area contributed by atoms with E-state index < -0.39 is 0 Å². The average molecular weight is 250 g/mol. The maximum Gasteiger partial charge on any atom is 0.225 e. The molecule has 3 rings (SSSR count). The Morgan fingerprint density at radius 2 is 1.72 bits per heavy atom. The van der Waals surface area contributed by atoms with E-state index in [-0.39, 0.29) is 12.0 Å². The fourth-order valence-corrected chi connectivity index (χ4v) is 3.78. The van der Waals surface area contributed by atoms with Crippen molar-refractivity contribution in [3.63, 3.8) is 0 Å². The minimum Gasteiger partial charge on any atom is -0.342 e. The second kappa shape index (κ2) is 4.84. The molecule has 0 aromatic rings. The molecule has 0 radical (unpaired) electrons. The van der Waals surface area contributed by atoms with Gasteiger partial charge in [-0.2, -0.15) is 0 Å². The average Bonchev–Trinajstić information content (AvgIpc) is 3.22. The summed E-state index contributed by atoms with van der Waals surface area (Å²) in [4.78, 5) is 14.7. The lowest BCUT2D eigenvalue weighted by Crippen LogP contribution is -2.45. The minimum atomic E-state index is 0.207. The Hall–Kier alpha value is -0.570. The number of amides is 1. The fourth-order valence-electron chi connectivity index (χ4n) is 3.78. The third kappa shape index (κ3) is 2.56. The van der Waals surface area contributed by atoms with Gasteiger partial charge in [-0.3, -0.25) is 4.79 Å². The molecule has 0 spiro atoms. The highest BCUT2D eigenvalue weighted by atomic mass is 16.2. The van der Waals surface area contributed by atoms with E-state index in [0.717, 1.165) is 37.5 Å². The van der Waals surface area contributed by atoms with Crippen molar-refractivity contribution >= 4 is 5.91 Å². The zero-order valence-electron chi connectivity index (χ0n) is 11.5. The first-order valence-corrected chi connectivity index (χ1v) is 7.69. The van der Waals surface area contributed by atoms with Crippen LogP contribution in [0.3, 0.4) is 0 Å². The van der Waals surface area contributed by atoms with E-state index in [1.807, 2.05) is 7.05 Å². The Balaban J connectivity index is 1.62. The molecular weight excluding hydrogens is 224 g/mol. The SMILES string of the molecule is CN(C(=O)C1CCCC(N)C1)C(C1CC1)C1CC1. The van der Waals surface area contributed by atoms with Crippen molar-refractivity contribution in [1.82, 2.24) is 4.90 Å². The van der Waals surface area contributed by atoms with E-state index in [4.69, 9.17) is 5.73 Å². The Kier molecular flexibility index (Phi) is 3.35. The topological polar surface area (TPSA) is 46.3 Å². The predicted molar refractivity (Wildman–Crippen MR) is 71.9 cm³/mol. The first-order chi connectivity index (χ1) is 8.66. The van der Waals surface area contributed by atoms with E-state index in [2.05, 4.69) is 4.90 Å². The molecule has 3 aliphatic rings. The lowest BCUT2D eigenvalue weighted by atomic mass is 9.85. The second-order valence-corrected chi connectivity index (χ2v) is 6.74. The Morgan fingerprint density at radius 1 is 1.11 bits per heavy atom. The quantitative estimate of drug-likeness (QED) is 0.831. The van der Waals surface area contributed by atoms with Gasteiger partial charge in [-0.05, 0) is 56.8 Å². The van der Waals surface area contributed by atoms with Gasteiger partial charge in [0.1, 0.15) is 0 Å². The lowest BCUT2D eigenvalue weighted by molar-refractivity contribution is -0.138. The van der Waals surface area contributed by atoms with Crippen molar-refractivity contribution in [2.75, 3.05) is 7.05 Å². The van der Waals surface area contributed by atoms with Gasteiger partial charge in [0.25, 0.3) is 0 Å². The number of carbonyl (C=O) groups excluding carboxylic acids is 1. The van der Waals surface area contributed by atoms with Crippen LogP contribution < -0.4 is 5.73 Å². The molecule has 0 aromatic heterocycles. The molecule has 0 saturated heterocycles. The van der Waals surface area contributed by atoms with Gasteiger partial charge in [-0.25, -0.2) is 0 Å². The van der Waals surface area contributed by atoms with Gasteiger partial charge in [0.15, 0.2) is 0 Å². The summed E-state index contributed by atoms with van der Waals surface area (Å²) in [6, 6.07) is 0.803.